The molecule has 0 spiro atoms. The Morgan fingerprint density at radius 2 is 1.64 bits per heavy atom. The van der Waals surface area contributed by atoms with Gasteiger partial charge >= 0.3 is 0 Å². The van der Waals surface area contributed by atoms with Crippen LogP contribution in [0.1, 0.15) is 63.5 Å². The zero-order valence-electron chi connectivity index (χ0n) is 17.8. The molecule has 0 fully saturated rings. The average Bonchev–Trinajstić information content (AvgIpc) is 3.14. The lowest BCUT2D eigenvalue weighted by atomic mass is 9.99. The molecule has 0 saturated heterocycles. The molecule has 2 heterocycles. The third kappa shape index (κ3) is 5.40. The highest BCUT2D eigenvalue weighted by atomic mass is 16.7. The Morgan fingerprint density at radius 1 is 1.00 bits per heavy atom. The van der Waals surface area contributed by atoms with Gasteiger partial charge in [0, 0.05) is 25.6 Å². The second-order valence-corrected chi connectivity index (χ2v) is 8.36. The van der Waals surface area contributed by atoms with Gasteiger partial charge in [-0.3, -0.25) is 4.79 Å². The standard InChI is InChI=1S/C23H36N2O3/c1-4-18(2)23(26)25-12-7-5-6-10-19-14-21-22(28-17-27-21)15-20(19)16-24(3)11-8-9-13-25/h14-15,18H,4-13,16-17H2,1-3H3. The lowest BCUT2D eigenvalue weighted by Crippen LogP contribution is -2.37. The fourth-order valence-electron chi connectivity index (χ4n) is 4.07. The summed E-state index contributed by atoms with van der Waals surface area (Å²) in [5, 5.41) is 0. The summed E-state index contributed by atoms with van der Waals surface area (Å²) in [5.41, 5.74) is 2.73. The van der Waals surface area contributed by atoms with Crippen molar-refractivity contribution in [2.75, 3.05) is 33.5 Å². The minimum atomic E-state index is 0.137. The second-order valence-electron chi connectivity index (χ2n) is 8.36. The van der Waals surface area contributed by atoms with Crippen molar-refractivity contribution in [2.24, 2.45) is 5.92 Å². The molecule has 0 bridgehead atoms. The van der Waals surface area contributed by atoms with Crippen molar-refractivity contribution < 1.29 is 14.3 Å². The number of ether oxygens (including phenoxy) is 2. The molecule has 2 aliphatic heterocycles. The Bertz CT molecular complexity index is 661. The predicted molar refractivity (Wildman–Crippen MR) is 112 cm³/mol. The van der Waals surface area contributed by atoms with E-state index in [1.165, 1.54) is 11.1 Å². The van der Waals surface area contributed by atoms with Crippen molar-refractivity contribution in [2.45, 2.75) is 65.3 Å². The molecule has 0 saturated carbocycles. The van der Waals surface area contributed by atoms with Crippen LogP contribution in [0.3, 0.4) is 0 Å². The Kier molecular flexibility index (Phi) is 7.60. The number of carbonyl (C=O) groups excluding carboxylic acids is 1. The SMILES string of the molecule is CCC(C)C(=O)N1CCCCCc2cc3c(cc2CN(C)CCCC1)OCO3. The van der Waals surface area contributed by atoms with Gasteiger partial charge in [-0.1, -0.05) is 20.3 Å². The zero-order chi connectivity index (χ0) is 19.9. The Morgan fingerprint density at radius 3 is 2.36 bits per heavy atom. The van der Waals surface area contributed by atoms with E-state index in [2.05, 4.69) is 42.8 Å². The van der Waals surface area contributed by atoms with Crippen LogP contribution in [0.2, 0.25) is 0 Å². The first kappa shape index (κ1) is 21.0. The van der Waals surface area contributed by atoms with Gasteiger partial charge < -0.3 is 19.3 Å². The van der Waals surface area contributed by atoms with Crippen molar-refractivity contribution >= 4 is 5.91 Å². The molecule has 1 aromatic carbocycles. The van der Waals surface area contributed by atoms with E-state index < -0.39 is 0 Å². The first-order valence-electron chi connectivity index (χ1n) is 11.0. The van der Waals surface area contributed by atoms with Crippen LogP contribution in [0.25, 0.3) is 0 Å². The van der Waals surface area contributed by atoms with Crippen molar-refractivity contribution in [3.05, 3.63) is 23.3 Å². The average molecular weight is 389 g/mol. The smallest absolute Gasteiger partial charge is 0.231 e. The van der Waals surface area contributed by atoms with Crippen molar-refractivity contribution in [3.8, 4) is 11.5 Å². The van der Waals surface area contributed by atoms with Gasteiger partial charge in [0.15, 0.2) is 11.5 Å². The fourth-order valence-corrected chi connectivity index (χ4v) is 4.07. The number of nitrogens with zero attached hydrogens (tertiary/aromatic N) is 2. The normalized spacial score (nSPS) is 20.3. The van der Waals surface area contributed by atoms with E-state index in [4.69, 9.17) is 9.47 Å². The monoisotopic (exact) mass is 388 g/mol. The summed E-state index contributed by atoms with van der Waals surface area (Å²) in [6.45, 7) is 8.25. The molecule has 2 aliphatic rings. The Hall–Kier alpha value is -1.75. The van der Waals surface area contributed by atoms with Gasteiger partial charge in [0.2, 0.25) is 12.7 Å². The summed E-state index contributed by atoms with van der Waals surface area (Å²) < 4.78 is 11.2. The van der Waals surface area contributed by atoms with E-state index >= 15 is 0 Å². The molecule has 5 heteroatoms. The van der Waals surface area contributed by atoms with Crippen LogP contribution >= 0.6 is 0 Å². The van der Waals surface area contributed by atoms with Crippen molar-refractivity contribution in [1.29, 1.82) is 0 Å². The summed E-state index contributed by atoms with van der Waals surface area (Å²) in [7, 11) is 2.18. The van der Waals surface area contributed by atoms with Crippen molar-refractivity contribution in [1.82, 2.24) is 9.80 Å². The summed E-state index contributed by atoms with van der Waals surface area (Å²) >= 11 is 0. The topological polar surface area (TPSA) is 42.0 Å². The summed E-state index contributed by atoms with van der Waals surface area (Å²) in [6.07, 6.45) is 7.53. The van der Waals surface area contributed by atoms with Gasteiger partial charge in [-0.25, -0.2) is 0 Å². The maximum absolute atomic E-state index is 12.7. The molecule has 3 rings (SSSR count). The van der Waals surface area contributed by atoms with Crippen LogP contribution in [-0.2, 0) is 17.8 Å². The lowest BCUT2D eigenvalue weighted by molar-refractivity contribution is -0.135. The summed E-state index contributed by atoms with van der Waals surface area (Å²) in [6, 6.07) is 4.35. The number of fused-ring (bicyclic) bond motifs is 2. The highest BCUT2D eigenvalue weighted by molar-refractivity contribution is 5.78. The first-order chi connectivity index (χ1) is 13.6. The van der Waals surface area contributed by atoms with Gasteiger partial charge in [-0.05, 0) is 75.4 Å². The van der Waals surface area contributed by atoms with E-state index in [0.717, 1.165) is 82.6 Å². The third-order valence-electron chi connectivity index (χ3n) is 6.07. The second kappa shape index (κ2) is 10.1. The molecule has 0 aliphatic carbocycles. The van der Waals surface area contributed by atoms with E-state index in [9.17, 15) is 4.79 Å². The molecule has 156 valence electrons. The van der Waals surface area contributed by atoms with Gasteiger partial charge in [0.05, 0.1) is 0 Å². The van der Waals surface area contributed by atoms with Crippen LogP contribution in [0.15, 0.2) is 12.1 Å². The number of carbonyl (C=O) groups is 1. The molecule has 0 N–H and O–H groups in total. The molecule has 28 heavy (non-hydrogen) atoms. The van der Waals surface area contributed by atoms with Crippen LogP contribution in [0.4, 0.5) is 0 Å². The van der Waals surface area contributed by atoms with Gasteiger partial charge in [-0.2, -0.15) is 0 Å². The van der Waals surface area contributed by atoms with Crippen LogP contribution < -0.4 is 9.47 Å². The van der Waals surface area contributed by atoms with Gasteiger partial charge in [0.25, 0.3) is 0 Å². The number of benzene rings is 1. The van der Waals surface area contributed by atoms with Gasteiger partial charge in [0.1, 0.15) is 0 Å². The molecule has 0 aromatic heterocycles. The molecule has 1 atom stereocenters. The van der Waals surface area contributed by atoms with E-state index in [1.54, 1.807) is 0 Å². The quantitative estimate of drug-likeness (QED) is 0.760. The Balaban J connectivity index is 1.68. The molecular formula is C23H36N2O3. The maximum Gasteiger partial charge on any atom is 0.231 e. The van der Waals surface area contributed by atoms with E-state index in [0.29, 0.717) is 12.7 Å². The minimum Gasteiger partial charge on any atom is -0.454 e. The van der Waals surface area contributed by atoms with Crippen molar-refractivity contribution in [3.63, 3.8) is 0 Å². The van der Waals surface area contributed by atoms with Crippen LogP contribution in [0.5, 0.6) is 11.5 Å². The summed E-state index contributed by atoms with van der Waals surface area (Å²) in [5.74, 6) is 2.24. The fraction of sp³-hybridized carbons (Fsp3) is 0.696. The highest BCUT2D eigenvalue weighted by Crippen LogP contribution is 2.36. The lowest BCUT2D eigenvalue weighted by Gasteiger charge is -2.27. The molecule has 1 aromatic rings. The number of hydrogen-bond donors (Lipinski definition) is 0. The third-order valence-corrected chi connectivity index (χ3v) is 6.07. The van der Waals surface area contributed by atoms with Crippen LogP contribution in [-0.4, -0.2) is 49.2 Å². The molecule has 0 radical (unpaired) electrons. The predicted octanol–water partition coefficient (Wildman–Crippen LogP) is 4.23. The highest BCUT2D eigenvalue weighted by Gasteiger charge is 2.20. The van der Waals surface area contributed by atoms with Crippen LogP contribution in [0, 0.1) is 5.92 Å². The van der Waals surface area contributed by atoms with E-state index in [1.807, 2.05) is 0 Å². The molecule has 1 unspecified atom stereocenters. The molecule has 5 nitrogen and oxygen atoms in total. The Labute approximate surface area is 170 Å². The first-order valence-corrected chi connectivity index (χ1v) is 11.0. The number of aryl methyl sites for hydroxylation is 1. The summed E-state index contributed by atoms with van der Waals surface area (Å²) in [4.78, 5) is 17.2. The number of amides is 1. The minimum absolute atomic E-state index is 0.137. The molecular weight excluding hydrogens is 352 g/mol. The number of hydrogen-bond acceptors (Lipinski definition) is 4. The van der Waals surface area contributed by atoms with Gasteiger partial charge in [-0.15, -0.1) is 0 Å². The van der Waals surface area contributed by atoms with E-state index in [-0.39, 0.29) is 5.92 Å². The molecule has 1 amide bonds. The largest absolute Gasteiger partial charge is 0.454 e. The maximum atomic E-state index is 12.7. The zero-order valence-corrected chi connectivity index (χ0v) is 17.8. The number of rotatable bonds is 2.